The van der Waals surface area contributed by atoms with Gasteiger partial charge in [-0.3, -0.25) is 4.79 Å². The Morgan fingerprint density at radius 3 is 2.61 bits per heavy atom. The van der Waals surface area contributed by atoms with Gasteiger partial charge >= 0.3 is 0 Å². The summed E-state index contributed by atoms with van der Waals surface area (Å²) in [4.78, 5) is 19.4. The normalized spacial score (nSPS) is 16.0. The highest BCUT2D eigenvalue weighted by molar-refractivity contribution is 5.96. The molecule has 5 nitrogen and oxygen atoms in total. The van der Waals surface area contributed by atoms with E-state index in [0.717, 1.165) is 46.8 Å². The lowest BCUT2D eigenvalue weighted by Gasteiger charge is -2.17. The van der Waals surface area contributed by atoms with E-state index < -0.39 is 0 Å². The third kappa shape index (κ3) is 4.33. The fraction of sp³-hybridized carbons (Fsp3) is 0.259. The molecule has 0 unspecified atom stereocenters. The quantitative estimate of drug-likeness (QED) is 0.356. The zero-order valence-electron chi connectivity index (χ0n) is 18.6. The Kier molecular flexibility index (Phi) is 5.82. The van der Waals surface area contributed by atoms with Gasteiger partial charge in [0.15, 0.2) is 0 Å². The van der Waals surface area contributed by atoms with Gasteiger partial charge in [-0.15, -0.1) is 0 Å². The molecule has 0 N–H and O–H groups in total. The molecule has 33 heavy (non-hydrogen) atoms. The standard InChI is InChI=1S/C27H26FN3O2/c1-19-7-2-5-10-25(19)33-16-6-15-30-24-9-4-3-8-23(24)29-27(30)20-17-26(32)31(18-20)22-13-11-21(28)12-14-22/h2-5,7-14,20H,6,15-18H2,1H3/t20-/m0/s1. The summed E-state index contributed by atoms with van der Waals surface area (Å²) in [5, 5.41) is 0. The first-order valence-electron chi connectivity index (χ1n) is 11.3. The number of imidazole rings is 1. The summed E-state index contributed by atoms with van der Waals surface area (Å²) in [5.74, 6) is 1.53. The number of ether oxygens (including phenoxy) is 1. The molecule has 1 saturated heterocycles. The van der Waals surface area contributed by atoms with Gasteiger partial charge in [-0.2, -0.15) is 0 Å². The van der Waals surface area contributed by atoms with Crippen LogP contribution in [0, 0.1) is 12.7 Å². The summed E-state index contributed by atoms with van der Waals surface area (Å²) < 4.78 is 21.5. The van der Waals surface area contributed by atoms with Gasteiger partial charge in [-0.1, -0.05) is 30.3 Å². The second kappa shape index (κ2) is 9.06. The molecule has 0 aliphatic carbocycles. The molecule has 1 atom stereocenters. The minimum atomic E-state index is -0.309. The molecule has 0 saturated carbocycles. The molecular weight excluding hydrogens is 417 g/mol. The van der Waals surface area contributed by atoms with Crippen molar-refractivity contribution in [1.82, 2.24) is 9.55 Å². The zero-order chi connectivity index (χ0) is 22.8. The number of aryl methyl sites for hydroxylation is 2. The van der Waals surface area contributed by atoms with Crippen LogP contribution in [0.3, 0.4) is 0 Å². The molecule has 3 aromatic carbocycles. The van der Waals surface area contributed by atoms with Gasteiger partial charge < -0.3 is 14.2 Å². The molecule has 1 amide bonds. The van der Waals surface area contributed by atoms with Crippen LogP contribution in [0.1, 0.15) is 30.1 Å². The van der Waals surface area contributed by atoms with Crippen molar-refractivity contribution in [3.8, 4) is 5.75 Å². The first-order chi connectivity index (χ1) is 16.1. The van der Waals surface area contributed by atoms with Crippen molar-refractivity contribution < 1.29 is 13.9 Å². The molecule has 2 heterocycles. The maximum Gasteiger partial charge on any atom is 0.227 e. The molecule has 0 spiro atoms. The van der Waals surface area contributed by atoms with Crippen LogP contribution in [0.15, 0.2) is 72.8 Å². The van der Waals surface area contributed by atoms with Gasteiger partial charge in [0.25, 0.3) is 0 Å². The lowest BCUT2D eigenvalue weighted by molar-refractivity contribution is -0.117. The number of rotatable bonds is 7. The Morgan fingerprint density at radius 2 is 1.79 bits per heavy atom. The number of amides is 1. The number of carbonyl (C=O) groups excluding carboxylic acids is 1. The van der Waals surface area contributed by atoms with Crippen molar-refractivity contribution in [2.24, 2.45) is 0 Å². The number of aromatic nitrogens is 2. The number of benzene rings is 3. The van der Waals surface area contributed by atoms with E-state index in [1.165, 1.54) is 12.1 Å². The first-order valence-corrected chi connectivity index (χ1v) is 11.3. The van der Waals surface area contributed by atoms with Crippen LogP contribution in [0.25, 0.3) is 11.0 Å². The van der Waals surface area contributed by atoms with Gasteiger partial charge in [0, 0.05) is 31.1 Å². The molecule has 5 rings (SSSR count). The van der Waals surface area contributed by atoms with E-state index in [2.05, 4.69) is 10.6 Å². The monoisotopic (exact) mass is 443 g/mol. The molecule has 6 heteroatoms. The van der Waals surface area contributed by atoms with E-state index in [9.17, 15) is 9.18 Å². The predicted octanol–water partition coefficient (Wildman–Crippen LogP) is 5.47. The predicted molar refractivity (Wildman–Crippen MR) is 127 cm³/mol. The highest BCUT2D eigenvalue weighted by Gasteiger charge is 2.34. The number of hydrogen-bond donors (Lipinski definition) is 0. The smallest absolute Gasteiger partial charge is 0.227 e. The fourth-order valence-corrected chi connectivity index (χ4v) is 4.52. The summed E-state index contributed by atoms with van der Waals surface area (Å²) in [6.45, 7) is 3.93. The van der Waals surface area contributed by atoms with Gasteiger partial charge in [0.05, 0.1) is 17.6 Å². The van der Waals surface area contributed by atoms with Crippen molar-refractivity contribution in [3.05, 3.63) is 90.0 Å². The Hall–Kier alpha value is -3.67. The highest BCUT2D eigenvalue weighted by Crippen LogP contribution is 2.33. The molecule has 168 valence electrons. The van der Waals surface area contributed by atoms with E-state index in [1.54, 1.807) is 17.0 Å². The van der Waals surface area contributed by atoms with E-state index in [1.807, 2.05) is 49.4 Å². The summed E-state index contributed by atoms with van der Waals surface area (Å²) >= 11 is 0. The fourth-order valence-electron chi connectivity index (χ4n) is 4.52. The van der Waals surface area contributed by atoms with Crippen LogP contribution in [0.5, 0.6) is 5.75 Å². The lowest BCUT2D eigenvalue weighted by atomic mass is 10.1. The van der Waals surface area contributed by atoms with Crippen LogP contribution < -0.4 is 9.64 Å². The number of fused-ring (bicyclic) bond motifs is 1. The topological polar surface area (TPSA) is 47.4 Å². The third-order valence-electron chi connectivity index (χ3n) is 6.19. The van der Waals surface area contributed by atoms with Crippen LogP contribution in [-0.2, 0) is 11.3 Å². The molecule has 0 radical (unpaired) electrons. The van der Waals surface area contributed by atoms with Crippen LogP contribution in [0.2, 0.25) is 0 Å². The number of nitrogens with zero attached hydrogens (tertiary/aromatic N) is 3. The Morgan fingerprint density at radius 1 is 1.03 bits per heavy atom. The van der Waals surface area contributed by atoms with Gasteiger partial charge in [0.1, 0.15) is 17.4 Å². The highest BCUT2D eigenvalue weighted by atomic mass is 19.1. The number of hydrogen-bond acceptors (Lipinski definition) is 3. The Balaban J connectivity index is 1.35. The SMILES string of the molecule is Cc1ccccc1OCCCn1c([C@H]2CC(=O)N(c3ccc(F)cc3)C2)nc2ccccc21. The van der Waals surface area contributed by atoms with Crippen molar-refractivity contribution in [2.75, 3.05) is 18.1 Å². The minimum Gasteiger partial charge on any atom is -0.493 e. The second-order valence-corrected chi connectivity index (χ2v) is 8.46. The molecule has 1 aliphatic rings. The summed E-state index contributed by atoms with van der Waals surface area (Å²) in [5.41, 5.74) is 3.84. The average Bonchev–Trinajstić information content (AvgIpc) is 3.39. The maximum atomic E-state index is 13.3. The van der Waals surface area contributed by atoms with E-state index >= 15 is 0 Å². The average molecular weight is 444 g/mol. The third-order valence-corrected chi connectivity index (χ3v) is 6.19. The molecule has 1 fully saturated rings. The molecule has 4 aromatic rings. The van der Waals surface area contributed by atoms with Crippen molar-refractivity contribution in [1.29, 1.82) is 0 Å². The molecule has 1 aliphatic heterocycles. The Bertz CT molecular complexity index is 1280. The first kappa shape index (κ1) is 21.2. The van der Waals surface area contributed by atoms with E-state index in [0.29, 0.717) is 19.6 Å². The van der Waals surface area contributed by atoms with Gasteiger partial charge in [-0.05, 0) is 61.4 Å². The van der Waals surface area contributed by atoms with E-state index in [-0.39, 0.29) is 17.6 Å². The second-order valence-electron chi connectivity index (χ2n) is 8.46. The molecule has 1 aromatic heterocycles. The van der Waals surface area contributed by atoms with Crippen LogP contribution in [0.4, 0.5) is 10.1 Å². The van der Waals surface area contributed by atoms with Gasteiger partial charge in [-0.25, -0.2) is 9.37 Å². The number of anilines is 1. The molecular formula is C27H26FN3O2. The largest absolute Gasteiger partial charge is 0.493 e. The maximum absolute atomic E-state index is 13.3. The van der Waals surface area contributed by atoms with Crippen LogP contribution >= 0.6 is 0 Å². The number of halogens is 1. The Labute approximate surface area is 192 Å². The number of carbonyl (C=O) groups is 1. The van der Waals surface area contributed by atoms with Gasteiger partial charge in [0.2, 0.25) is 5.91 Å². The molecule has 0 bridgehead atoms. The summed E-state index contributed by atoms with van der Waals surface area (Å²) in [6.07, 6.45) is 1.21. The zero-order valence-corrected chi connectivity index (χ0v) is 18.6. The lowest BCUT2D eigenvalue weighted by Crippen LogP contribution is -2.24. The van der Waals surface area contributed by atoms with E-state index in [4.69, 9.17) is 9.72 Å². The summed E-state index contributed by atoms with van der Waals surface area (Å²) in [7, 11) is 0. The summed E-state index contributed by atoms with van der Waals surface area (Å²) in [6, 6.07) is 22.2. The van der Waals surface area contributed by atoms with Crippen LogP contribution in [-0.4, -0.2) is 28.6 Å². The minimum absolute atomic E-state index is 0.0211. The van der Waals surface area contributed by atoms with Crippen molar-refractivity contribution in [3.63, 3.8) is 0 Å². The van der Waals surface area contributed by atoms with Crippen molar-refractivity contribution >= 4 is 22.6 Å². The number of para-hydroxylation sites is 3. The van der Waals surface area contributed by atoms with Crippen molar-refractivity contribution in [2.45, 2.75) is 32.2 Å².